The molecule has 3 aliphatic heterocycles. The Labute approximate surface area is 326 Å². The summed E-state index contributed by atoms with van der Waals surface area (Å²) >= 11 is 0. The molecule has 1 aromatic heterocycles. The number of rotatable bonds is 11. The van der Waals surface area contributed by atoms with Gasteiger partial charge >= 0.3 is 22.8 Å². The highest BCUT2D eigenvalue weighted by molar-refractivity contribution is 6.84. The minimum Gasteiger partial charge on any atom is -0.414 e. The second-order valence-electron chi connectivity index (χ2n) is 16.1. The zero-order valence-electron chi connectivity index (χ0n) is 33.5. The standard InChI is InChI=1S/C40H57FN4O8Si2/c1-26(2)54(27(3)4)49-25-33-35(52-55(53-54,28(5)6)29(7)8)36(51-40(48-9)20-23-44(24-21-40)32-18-14-13-17-31(32)41)38(50-33)45-22-19-34(43-39(45)47)42-37(46)30-15-11-10-12-16-30/h10-19,22,26-29,33,35-36,38H,20-21,23-25H2,1-9H3,(H,42,43,46,47)/t33-,35-,36-,38-/m1/s1. The van der Waals surface area contributed by atoms with Crippen molar-refractivity contribution in [3.63, 3.8) is 0 Å². The summed E-state index contributed by atoms with van der Waals surface area (Å²) in [5.74, 6) is -1.67. The average Bonchev–Trinajstić information content (AvgIpc) is 3.46. The number of anilines is 2. The fraction of sp³-hybridized carbons (Fsp3) is 0.575. The number of carbonyl (C=O) groups is 1. The van der Waals surface area contributed by atoms with E-state index in [1.165, 1.54) is 10.6 Å². The molecule has 3 fully saturated rings. The largest absolute Gasteiger partial charge is 0.414 e. The number of ether oxygens (including phenoxy) is 3. The van der Waals surface area contributed by atoms with Crippen molar-refractivity contribution in [2.24, 2.45) is 0 Å². The number of hydrogen-bond donors (Lipinski definition) is 1. The van der Waals surface area contributed by atoms with Crippen LogP contribution in [0.3, 0.4) is 0 Å². The maximum atomic E-state index is 14.8. The first-order valence-electron chi connectivity index (χ1n) is 19.5. The zero-order chi connectivity index (χ0) is 39.7. The van der Waals surface area contributed by atoms with Crippen LogP contribution in [0.5, 0.6) is 0 Å². The van der Waals surface area contributed by atoms with E-state index in [4.69, 9.17) is 27.2 Å². The van der Waals surface area contributed by atoms with Crippen molar-refractivity contribution in [2.45, 2.75) is 121 Å². The van der Waals surface area contributed by atoms with E-state index < -0.39 is 53.1 Å². The molecule has 3 aliphatic rings. The molecule has 3 saturated heterocycles. The average molecular weight is 797 g/mol. The highest BCUT2D eigenvalue weighted by Gasteiger charge is 2.63. The minimum absolute atomic E-state index is 0.0382. The number of aromatic nitrogens is 2. The summed E-state index contributed by atoms with van der Waals surface area (Å²) in [4.78, 5) is 33.1. The molecular weight excluding hydrogens is 740 g/mol. The molecule has 0 aliphatic carbocycles. The Morgan fingerprint density at radius 2 is 1.53 bits per heavy atom. The Morgan fingerprint density at radius 1 is 0.909 bits per heavy atom. The lowest BCUT2D eigenvalue weighted by atomic mass is 10.0. The van der Waals surface area contributed by atoms with Gasteiger partial charge in [-0.2, -0.15) is 4.98 Å². The predicted molar refractivity (Wildman–Crippen MR) is 213 cm³/mol. The van der Waals surface area contributed by atoms with Crippen LogP contribution in [0.1, 0.15) is 84.8 Å². The third-order valence-corrected chi connectivity index (χ3v) is 21.7. The van der Waals surface area contributed by atoms with Crippen molar-refractivity contribution in [3.8, 4) is 0 Å². The minimum atomic E-state index is -3.14. The van der Waals surface area contributed by atoms with Gasteiger partial charge in [0.15, 0.2) is 12.0 Å². The third kappa shape index (κ3) is 8.12. The monoisotopic (exact) mass is 796 g/mol. The Balaban J connectivity index is 1.39. The summed E-state index contributed by atoms with van der Waals surface area (Å²) in [5, 5.41) is 2.72. The fourth-order valence-corrected chi connectivity index (χ4v) is 19.5. The number of fused-ring (bicyclic) bond motifs is 1. The van der Waals surface area contributed by atoms with Gasteiger partial charge in [0.2, 0.25) is 0 Å². The smallest absolute Gasteiger partial charge is 0.351 e. The summed E-state index contributed by atoms with van der Waals surface area (Å²) in [6.07, 6.45) is -0.790. The summed E-state index contributed by atoms with van der Waals surface area (Å²) in [6.45, 7) is 18.4. The van der Waals surface area contributed by atoms with E-state index in [1.807, 2.05) is 17.0 Å². The van der Waals surface area contributed by atoms with Gasteiger partial charge in [-0.15, -0.1) is 0 Å². The Hall–Kier alpha value is -3.29. The highest BCUT2D eigenvalue weighted by atomic mass is 28.5. The molecule has 0 radical (unpaired) electrons. The number of amides is 1. The van der Waals surface area contributed by atoms with Crippen molar-refractivity contribution >= 4 is 34.5 Å². The molecule has 1 amide bonds. The van der Waals surface area contributed by atoms with E-state index in [1.54, 1.807) is 55.8 Å². The normalized spacial score (nSPS) is 24.9. The van der Waals surface area contributed by atoms with Gasteiger partial charge in [0, 0.05) is 44.8 Å². The van der Waals surface area contributed by atoms with Crippen molar-refractivity contribution in [3.05, 3.63) is 88.7 Å². The van der Waals surface area contributed by atoms with Crippen LogP contribution in [0.25, 0.3) is 0 Å². The van der Waals surface area contributed by atoms with Crippen molar-refractivity contribution in [2.75, 3.05) is 37.0 Å². The number of nitrogens with zero attached hydrogens (tertiary/aromatic N) is 3. The van der Waals surface area contributed by atoms with Gasteiger partial charge in [0.05, 0.1) is 12.3 Å². The summed E-state index contributed by atoms with van der Waals surface area (Å²) in [7, 11) is -4.43. The molecular formula is C40H57FN4O8Si2. The van der Waals surface area contributed by atoms with Gasteiger partial charge < -0.3 is 37.4 Å². The van der Waals surface area contributed by atoms with E-state index in [0.29, 0.717) is 37.2 Å². The molecule has 4 atom stereocenters. The van der Waals surface area contributed by atoms with Crippen LogP contribution in [-0.4, -0.2) is 83.5 Å². The molecule has 6 rings (SSSR count). The number of methoxy groups -OCH3 is 1. The molecule has 12 nitrogen and oxygen atoms in total. The van der Waals surface area contributed by atoms with Crippen molar-refractivity contribution < 1.29 is 36.4 Å². The number of carbonyl (C=O) groups excluding carboxylic acids is 1. The molecule has 1 N–H and O–H groups in total. The van der Waals surface area contributed by atoms with E-state index in [0.717, 1.165) is 0 Å². The van der Waals surface area contributed by atoms with Crippen LogP contribution in [0.15, 0.2) is 71.7 Å². The van der Waals surface area contributed by atoms with Crippen LogP contribution < -0.4 is 15.9 Å². The van der Waals surface area contributed by atoms with Gasteiger partial charge in [0.1, 0.15) is 29.9 Å². The quantitative estimate of drug-likeness (QED) is 0.154. The predicted octanol–water partition coefficient (Wildman–Crippen LogP) is 7.52. The fourth-order valence-electron chi connectivity index (χ4n) is 8.34. The lowest BCUT2D eigenvalue weighted by Crippen LogP contribution is -2.66. The summed E-state index contributed by atoms with van der Waals surface area (Å²) < 4.78 is 58.3. The lowest BCUT2D eigenvalue weighted by Gasteiger charge is -2.52. The second-order valence-corrected chi connectivity index (χ2v) is 24.9. The number of halogens is 1. The van der Waals surface area contributed by atoms with E-state index in [9.17, 15) is 14.0 Å². The Kier molecular flexibility index (Phi) is 12.5. The van der Waals surface area contributed by atoms with Crippen LogP contribution in [-0.2, 0) is 27.2 Å². The molecule has 55 heavy (non-hydrogen) atoms. The van der Waals surface area contributed by atoms with Gasteiger partial charge in [-0.05, 0) is 52.5 Å². The zero-order valence-corrected chi connectivity index (χ0v) is 35.5. The maximum Gasteiger partial charge on any atom is 0.351 e. The van der Waals surface area contributed by atoms with Crippen LogP contribution in [0.4, 0.5) is 15.9 Å². The third-order valence-electron chi connectivity index (χ3n) is 11.4. The first-order chi connectivity index (χ1) is 26.1. The molecule has 300 valence electrons. The van der Waals surface area contributed by atoms with Crippen LogP contribution in [0, 0.1) is 5.82 Å². The number of nitrogens with one attached hydrogen (secondary N) is 1. The first-order valence-corrected chi connectivity index (χ1v) is 23.4. The lowest BCUT2D eigenvalue weighted by molar-refractivity contribution is -0.276. The van der Waals surface area contributed by atoms with Gasteiger partial charge in [0.25, 0.3) is 5.91 Å². The molecule has 2 aromatic carbocycles. The topological polar surface area (TPSA) is 123 Å². The van der Waals surface area contributed by atoms with E-state index in [2.05, 4.69) is 65.7 Å². The van der Waals surface area contributed by atoms with Crippen LogP contribution >= 0.6 is 0 Å². The van der Waals surface area contributed by atoms with E-state index in [-0.39, 0.29) is 46.3 Å². The SMILES string of the molecule is COC1(O[C@@H]2[C@@H]3O[Si](C(C)C)(C(C)C)O[Si](C(C)C)(C(C)C)OC[C@H]3O[C@H]2n2ccc(NC(=O)c3ccccc3)nc2=O)CCN(c2ccccc2F)CC1. The Bertz CT molecular complexity index is 1820. The number of hydrogen-bond acceptors (Lipinski definition) is 10. The first kappa shape index (κ1) is 41.4. The van der Waals surface area contributed by atoms with Crippen molar-refractivity contribution in [1.82, 2.24) is 9.55 Å². The summed E-state index contributed by atoms with van der Waals surface area (Å²) in [5.41, 5.74) is 0.657. The molecule has 4 heterocycles. The van der Waals surface area contributed by atoms with Gasteiger partial charge in [-0.25, -0.2) is 9.18 Å². The molecule has 0 saturated carbocycles. The van der Waals surface area contributed by atoms with Crippen LogP contribution in [0.2, 0.25) is 22.2 Å². The number of piperidine rings is 1. The Morgan fingerprint density at radius 3 is 2.11 bits per heavy atom. The molecule has 3 aromatic rings. The molecule has 0 unspecified atom stereocenters. The molecule has 0 bridgehead atoms. The second kappa shape index (κ2) is 16.7. The van der Waals surface area contributed by atoms with Gasteiger partial charge in [-0.3, -0.25) is 9.36 Å². The molecule has 0 spiro atoms. The van der Waals surface area contributed by atoms with Crippen molar-refractivity contribution in [1.29, 1.82) is 0 Å². The number of benzene rings is 2. The highest BCUT2D eigenvalue weighted by Crippen LogP contribution is 2.49. The molecule has 15 heteroatoms. The van der Waals surface area contributed by atoms with Gasteiger partial charge in [-0.1, -0.05) is 85.7 Å². The number of para-hydroxylation sites is 1. The maximum absolute atomic E-state index is 14.8. The van der Waals surface area contributed by atoms with E-state index >= 15 is 0 Å². The summed E-state index contributed by atoms with van der Waals surface area (Å²) in [6, 6.07) is 17.0.